The second kappa shape index (κ2) is 9.17. The molecular formula is C20H31N3O3S. The first-order valence-electron chi connectivity index (χ1n) is 10.0. The number of carbonyl (C=O) groups is 1. The van der Waals surface area contributed by atoms with Crippen LogP contribution < -0.4 is 5.32 Å². The molecule has 0 aromatic heterocycles. The van der Waals surface area contributed by atoms with Gasteiger partial charge in [-0.3, -0.25) is 4.79 Å². The highest BCUT2D eigenvalue weighted by Crippen LogP contribution is 2.21. The lowest BCUT2D eigenvalue weighted by Gasteiger charge is -2.31. The van der Waals surface area contributed by atoms with Crippen LogP contribution >= 0.6 is 0 Å². The van der Waals surface area contributed by atoms with E-state index in [0.717, 1.165) is 50.8 Å². The fourth-order valence-electron chi connectivity index (χ4n) is 3.91. The highest BCUT2D eigenvalue weighted by molar-refractivity contribution is 7.89. The van der Waals surface area contributed by atoms with Gasteiger partial charge in [0.25, 0.3) is 0 Å². The summed E-state index contributed by atoms with van der Waals surface area (Å²) in [6.45, 7) is 3.16. The molecule has 2 fully saturated rings. The molecule has 1 aromatic carbocycles. The topological polar surface area (TPSA) is 69.7 Å². The van der Waals surface area contributed by atoms with Crippen LogP contribution in [0.3, 0.4) is 0 Å². The maximum absolute atomic E-state index is 12.7. The summed E-state index contributed by atoms with van der Waals surface area (Å²) in [5.74, 6) is 0.159. The van der Waals surface area contributed by atoms with Crippen molar-refractivity contribution in [3.05, 3.63) is 29.8 Å². The Kier molecular flexibility index (Phi) is 6.89. The Hall–Kier alpha value is -1.44. The van der Waals surface area contributed by atoms with Crippen LogP contribution in [0.5, 0.6) is 0 Å². The van der Waals surface area contributed by atoms with Crippen LogP contribution in [0.25, 0.3) is 0 Å². The van der Waals surface area contributed by atoms with Crippen molar-refractivity contribution in [1.82, 2.24) is 14.5 Å². The zero-order chi connectivity index (χ0) is 19.3. The number of aryl methyl sites for hydroxylation is 1. The number of carbonyl (C=O) groups excluding carboxylic acids is 1. The van der Waals surface area contributed by atoms with Gasteiger partial charge in [0.2, 0.25) is 15.9 Å². The molecule has 0 radical (unpaired) electrons. The molecule has 2 aliphatic rings. The third-order valence-corrected chi connectivity index (χ3v) is 7.67. The molecule has 1 aromatic rings. The van der Waals surface area contributed by atoms with E-state index in [-0.39, 0.29) is 5.91 Å². The molecule has 2 saturated heterocycles. The van der Waals surface area contributed by atoms with Crippen molar-refractivity contribution in [3.8, 4) is 0 Å². The largest absolute Gasteiger partial charge is 0.343 e. The Morgan fingerprint density at radius 1 is 1.11 bits per heavy atom. The van der Waals surface area contributed by atoms with E-state index < -0.39 is 10.0 Å². The molecule has 7 heteroatoms. The minimum atomic E-state index is -3.39. The minimum Gasteiger partial charge on any atom is -0.343 e. The molecule has 0 unspecified atom stereocenters. The summed E-state index contributed by atoms with van der Waals surface area (Å²) >= 11 is 0. The van der Waals surface area contributed by atoms with Crippen molar-refractivity contribution in [2.24, 2.45) is 0 Å². The number of hydrogen-bond acceptors (Lipinski definition) is 4. The predicted octanol–water partition coefficient (Wildman–Crippen LogP) is 2.00. The first kappa shape index (κ1) is 20.3. The first-order valence-corrected chi connectivity index (χ1v) is 11.5. The Labute approximate surface area is 163 Å². The summed E-state index contributed by atoms with van der Waals surface area (Å²) in [7, 11) is -1.49. The van der Waals surface area contributed by atoms with E-state index in [9.17, 15) is 13.2 Å². The van der Waals surface area contributed by atoms with Gasteiger partial charge in [0, 0.05) is 32.6 Å². The average molecular weight is 394 g/mol. The van der Waals surface area contributed by atoms with E-state index in [1.807, 2.05) is 24.1 Å². The molecule has 6 nitrogen and oxygen atoms in total. The SMILES string of the molecule is CN(C(=O)CCc1ccc(S(=O)(=O)N2CCCCC2)cc1)C1CCNCC1. The van der Waals surface area contributed by atoms with Crippen LogP contribution in [-0.2, 0) is 21.2 Å². The molecule has 0 spiro atoms. The molecule has 1 amide bonds. The fourth-order valence-corrected chi connectivity index (χ4v) is 5.42. The number of nitrogens with one attached hydrogen (secondary N) is 1. The second-order valence-corrected chi connectivity index (χ2v) is 9.53. The fraction of sp³-hybridized carbons (Fsp3) is 0.650. The molecule has 150 valence electrons. The lowest BCUT2D eigenvalue weighted by molar-refractivity contribution is -0.132. The third kappa shape index (κ3) is 5.09. The van der Waals surface area contributed by atoms with E-state index in [4.69, 9.17) is 0 Å². The van der Waals surface area contributed by atoms with Crippen molar-refractivity contribution in [2.75, 3.05) is 33.2 Å². The highest BCUT2D eigenvalue weighted by Gasteiger charge is 2.26. The highest BCUT2D eigenvalue weighted by atomic mass is 32.2. The number of piperidine rings is 2. The molecule has 27 heavy (non-hydrogen) atoms. The minimum absolute atomic E-state index is 0.159. The van der Waals surface area contributed by atoms with Gasteiger partial charge < -0.3 is 10.2 Å². The quantitative estimate of drug-likeness (QED) is 0.803. The van der Waals surface area contributed by atoms with Crippen LogP contribution in [0, 0.1) is 0 Å². The van der Waals surface area contributed by atoms with Crippen LogP contribution in [0.4, 0.5) is 0 Å². The van der Waals surface area contributed by atoms with E-state index >= 15 is 0 Å². The summed E-state index contributed by atoms with van der Waals surface area (Å²) in [4.78, 5) is 14.7. The Morgan fingerprint density at radius 2 is 1.74 bits per heavy atom. The monoisotopic (exact) mass is 393 g/mol. The van der Waals surface area contributed by atoms with Gasteiger partial charge in [-0.25, -0.2) is 8.42 Å². The van der Waals surface area contributed by atoms with Crippen LogP contribution in [-0.4, -0.2) is 62.8 Å². The maximum atomic E-state index is 12.7. The lowest BCUT2D eigenvalue weighted by Crippen LogP contribution is -2.44. The number of rotatable bonds is 6. The zero-order valence-corrected chi connectivity index (χ0v) is 17.0. The molecule has 0 atom stereocenters. The van der Waals surface area contributed by atoms with E-state index in [0.29, 0.717) is 36.9 Å². The van der Waals surface area contributed by atoms with E-state index in [1.165, 1.54) is 0 Å². The summed E-state index contributed by atoms with van der Waals surface area (Å²) in [5.41, 5.74) is 1.000. The van der Waals surface area contributed by atoms with E-state index in [2.05, 4.69) is 5.32 Å². The number of amides is 1. The van der Waals surface area contributed by atoms with E-state index in [1.54, 1.807) is 16.4 Å². The molecular weight excluding hydrogens is 362 g/mol. The van der Waals surface area contributed by atoms with Crippen molar-refractivity contribution in [2.45, 2.75) is 55.9 Å². The van der Waals surface area contributed by atoms with Gasteiger partial charge in [0.1, 0.15) is 0 Å². The van der Waals surface area contributed by atoms with Crippen LogP contribution in [0.2, 0.25) is 0 Å². The molecule has 2 heterocycles. The molecule has 0 bridgehead atoms. The summed E-state index contributed by atoms with van der Waals surface area (Å²) in [6, 6.07) is 7.37. The summed E-state index contributed by atoms with van der Waals surface area (Å²) in [6.07, 6.45) is 6.08. The average Bonchev–Trinajstić information content (AvgIpc) is 2.73. The number of sulfonamides is 1. The standard InChI is InChI=1S/C20H31N3O3S/c1-22(18-11-13-21-14-12-18)20(24)10-7-17-5-8-19(9-6-17)27(25,26)23-15-3-2-4-16-23/h5-6,8-9,18,21H,2-4,7,10-16H2,1H3. The Bertz CT molecular complexity index is 721. The van der Waals surface area contributed by atoms with Gasteiger partial charge in [0.05, 0.1) is 4.90 Å². The first-order chi connectivity index (χ1) is 13.0. The van der Waals surface area contributed by atoms with Crippen LogP contribution in [0.1, 0.15) is 44.1 Å². The lowest BCUT2D eigenvalue weighted by atomic mass is 10.0. The second-order valence-electron chi connectivity index (χ2n) is 7.59. The van der Waals surface area contributed by atoms with Gasteiger partial charge in [-0.1, -0.05) is 18.6 Å². The molecule has 3 rings (SSSR count). The normalized spacial score (nSPS) is 19.7. The van der Waals surface area contributed by atoms with Gasteiger partial charge in [-0.05, 0) is 62.9 Å². The van der Waals surface area contributed by atoms with Gasteiger partial charge in [-0.15, -0.1) is 0 Å². The number of hydrogen-bond donors (Lipinski definition) is 1. The van der Waals surface area contributed by atoms with Crippen molar-refractivity contribution >= 4 is 15.9 Å². The molecule has 0 aliphatic carbocycles. The number of benzene rings is 1. The maximum Gasteiger partial charge on any atom is 0.243 e. The Balaban J connectivity index is 1.55. The zero-order valence-electron chi connectivity index (χ0n) is 16.2. The predicted molar refractivity (Wildman–Crippen MR) is 106 cm³/mol. The summed E-state index contributed by atoms with van der Waals surface area (Å²) in [5, 5.41) is 3.32. The summed E-state index contributed by atoms with van der Waals surface area (Å²) < 4.78 is 27.0. The van der Waals surface area contributed by atoms with Gasteiger partial charge in [-0.2, -0.15) is 4.31 Å². The number of nitrogens with zero attached hydrogens (tertiary/aromatic N) is 2. The molecule has 2 aliphatic heterocycles. The third-order valence-electron chi connectivity index (χ3n) is 5.75. The van der Waals surface area contributed by atoms with Crippen molar-refractivity contribution in [3.63, 3.8) is 0 Å². The van der Waals surface area contributed by atoms with Gasteiger partial charge in [0.15, 0.2) is 0 Å². The van der Waals surface area contributed by atoms with Crippen molar-refractivity contribution in [1.29, 1.82) is 0 Å². The molecule has 1 N–H and O–H groups in total. The van der Waals surface area contributed by atoms with Crippen LogP contribution in [0.15, 0.2) is 29.2 Å². The smallest absolute Gasteiger partial charge is 0.243 e. The molecule has 0 saturated carbocycles. The Morgan fingerprint density at radius 3 is 2.37 bits per heavy atom. The van der Waals surface area contributed by atoms with Gasteiger partial charge >= 0.3 is 0 Å². The van der Waals surface area contributed by atoms with Crippen molar-refractivity contribution < 1.29 is 13.2 Å².